The Hall–Kier alpha value is -6.13. The molecule has 4 atom stereocenters. The lowest BCUT2D eigenvalue weighted by Gasteiger charge is -2.40. The molecule has 4 amide bonds. The zero-order chi connectivity index (χ0) is 43.8. The van der Waals surface area contributed by atoms with Gasteiger partial charge in [-0.15, -0.1) is 13.2 Å². The van der Waals surface area contributed by atoms with Crippen molar-refractivity contribution in [1.29, 1.82) is 0 Å². The topological polar surface area (TPSA) is 162 Å². The van der Waals surface area contributed by atoms with Crippen LogP contribution in [0.3, 0.4) is 0 Å². The van der Waals surface area contributed by atoms with Gasteiger partial charge >= 0.3 is 12.5 Å². The van der Waals surface area contributed by atoms with Gasteiger partial charge in [0.2, 0.25) is 11.8 Å². The van der Waals surface area contributed by atoms with Gasteiger partial charge < -0.3 is 39.8 Å². The molecule has 1 unspecified atom stereocenters. The number of nitrogens with zero attached hydrogens (tertiary/aromatic N) is 5. The molecule has 324 valence electrons. The van der Waals surface area contributed by atoms with E-state index < -0.39 is 30.2 Å². The van der Waals surface area contributed by atoms with Crippen LogP contribution in [0.25, 0.3) is 22.4 Å². The summed E-state index contributed by atoms with van der Waals surface area (Å²) in [6.07, 6.45) is -0.310. The number of hydrogen-bond acceptors (Lipinski definition) is 9. The molecule has 4 aromatic rings. The Morgan fingerprint density at radius 1 is 0.951 bits per heavy atom. The van der Waals surface area contributed by atoms with Crippen molar-refractivity contribution in [3.8, 4) is 28.1 Å². The molecule has 7 rings (SSSR count). The third-order valence-electron chi connectivity index (χ3n) is 11.9. The zero-order valence-electron chi connectivity index (χ0n) is 35.0. The number of alkyl carbamates (subject to hydrolysis) is 1. The van der Waals surface area contributed by atoms with Gasteiger partial charge in [0.05, 0.1) is 30.6 Å². The highest BCUT2D eigenvalue weighted by atomic mass is 19.4. The van der Waals surface area contributed by atoms with Gasteiger partial charge in [-0.3, -0.25) is 14.4 Å². The van der Waals surface area contributed by atoms with E-state index in [1.54, 1.807) is 47.5 Å². The number of carbonyl (C=O) groups is 4. The normalized spacial score (nSPS) is 20.3. The Balaban J connectivity index is 1.01. The van der Waals surface area contributed by atoms with Crippen LogP contribution in [0.1, 0.15) is 76.1 Å². The molecule has 3 fully saturated rings. The number of pyridine rings is 1. The predicted molar refractivity (Wildman–Crippen MR) is 221 cm³/mol. The van der Waals surface area contributed by atoms with Gasteiger partial charge in [-0.05, 0) is 72.9 Å². The summed E-state index contributed by atoms with van der Waals surface area (Å²) in [6, 6.07) is 13.1. The fourth-order valence-electron chi connectivity index (χ4n) is 8.22. The molecule has 0 radical (unpaired) electrons. The van der Waals surface area contributed by atoms with E-state index in [4.69, 9.17) is 4.74 Å². The van der Waals surface area contributed by atoms with Gasteiger partial charge in [0.1, 0.15) is 23.4 Å². The lowest BCUT2D eigenvalue weighted by atomic mass is 10.0. The lowest BCUT2D eigenvalue weighted by molar-refractivity contribution is -0.274. The Kier molecular flexibility index (Phi) is 12.0. The number of piperazine rings is 1. The summed E-state index contributed by atoms with van der Waals surface area (Å²) >= 11 is 0. The Bertz CT molecular complexity index is 2260. The molecule has 4 heterocycles. The van der Waals surface area contributed by atoms with E-state index in [1.807, 2.05) is 25.7 Å². The van der Waals surface area contributed by atoms with E-state index in [2.05, 4.69) is 49.1 Å². The van der Waals surface area contributed by atoms with Crippen LogP contribution in [-0.4, -0.2) is 100 Å². The summed E-state index contributed by atoms with van der Waals surface area (Å²) < 4.78 is 50.2. The Morgan fingerprint density at radius 2 is 1.67 bits per heavy atom. The predicted octanol–water partition coefficient (Wildman–Crippen LogP) is 7.42. The van der Waals surface area contributed by atoms with Crippen molar-refractivity contribution in [2.24, 2.45) is 17.3 Å². The van der Waals surface area contributed by atoms with Crippen LogP contribution in [0.5, 0.6) is 5.75 Å². The number of amides is 4. The van der Waals surface area contributed by atoms with Crippen LogP contribution in [0.15, 0.2) is 67.0 Å². The molecule has 2 aliphatic heterocycles. The van der Waals surface area contributed by atoms with Crippen molar-refractivity contribution in [3.63, 3.8) is 0 Å². The number of halogens is 3. The molecular weight excluding hydrogens is 794 g/mol. The first-order valence-corrected chi connectivity index (χ1v) is 20.5. The number of likely N-dealkylation sites (tertiary alicyclic amines) is 1. The zero-order valence-corrected chi connectivity index (χ0v) is 35.0. The van der Waals surface area contributed by atoms with Crippen LogP contribution in [0, 0.1) is 17.3 Å². The van der Waals surface area contributed by atoms with Crippen molar-refractivity contribution in [3.05, 3.63) is 78.4 Å². The fourth-order valence-corrected chi connectivity index (χ4v) is 8.22. The van der Waals surface area contributed by atoms with E-state index in [1.165, 1.54) is 25.4 Å². The van der Waals surface area contributed by atoms with Crippen LogP contribution < -0.4 is 20.3 Å². The quantitative estimate of drug-likeness (QED) is 0.140. The molecule has 1 saturated carbocycles. The highest BCUT2D eigenvalue weighted by Gasteiger charge is 2.52. The molecule has 61 heavy (non-hydrogen) atoms. The maximum Gasteiger partial charge on any atom is 0.573 e. The van der Waals surface area contributed by atoms with Crippen molar-refractivity contribution in [2.45, 2.75) is 78.4 Å². The molecule has 3 N–H and O–H groups in total. The summed E-state index contributed by atoms with van der Waals surface area (Å²) in [5, 5.41) is 5.29. The van der Waals surface area contributed by atoms with E-state index in [0.29, 0.717) is 61.1 Å². The molecule has 2 aromatic heterocycles. The lowest BCUT2D eigenvalue weighted by Crippen LogP contribution is -2.54. The minimum absolute atomic E-state index is 0.0151. The van der Waals surface area contributed by atoms with E-state index in [9.17, 15) is 32.3 Å². The van der Waals surface area contributed by atoms with Crippen molar-refractivity contribution in [1.82, 2.24) is 30.1 Å². The molecule has 0 bridgehead atoms. The third-order valence-corrected chi connectivity index (χ3v) is 11.9. The van der Waals surface area contributed by atoms with E-state index >= 15 is 0 Å². The molecular formula is C44H51F3N8O6. The Morgan fingerprint density at radius 3 is 2.30 bits per heavy atom. The van der Waals surface area contributed by atoms with Gasteiger partial charge in [-0.1, -0.05) is 52.0 Å². The summed E-state index contributed by atoms with van der Waals surface area (Å²) in [5.41, 5.74) is 2.29. The van der Waals surface area contributed by atoms with Crippen molar-refractivity contribution < 1.29 is 41.8 Å². The monoisotopic (exact) mass is 844 g/mol. The molecule has 2 saturated heterocycles. The molecule has 17 heteroatoms. The number of aromatic amines is 1. The highest BCUT2D eigenvalue weighted by Crippen LogP contribution is 2.52. The number of methoxy groups -OCH3 is 1. The van der Waals surface area contributed by atoms with Gasteiger partial charge in [-0.25, -0.2) is 14.8 Å². The molecule has 14 nitrogen and oxygen atoms in total. The highest BCUT2D eigenvalue weighted by molar-refractivity contribution is 6.04. The second-order valence-corrected chi connectivity index (χ2v) is 17.0. The number of carbonyl (C=O) groups excluding carboxylic acids is 4. The SMILES string of the molecule is COC(=O)N[C@H](C(=O)N1CCC[C@H]1c1ncc(-c2ccc(-c3ccc(NC(=O)c4ccc(N5CCN(C(=O)C6CC6(C)C)C[C@H]5C)nc4)cc3OC(F)(F)F)cc2)[nH]1)C(C)C. The molecule has 0 spiro atoms. The van der Waals surface area contributed by atoms with Crippen LogP contribution in [-0.2, 0) is 14.3 Å². The Labute approximate surface area is 352 Å². The number of hydrogen-bond donors (Lipinski definition) is 3. The number of rotatable bonds is 11. The summed E-state index contributed by atoms with van der Waals surface area (Å²) in [7, 11) is 1.24. The number of nitrogens with one attached hydrogen (secondary N) is 3. The largest absolute Gasteiger partial charge is 0.573 e. The minimum atomic E-state index is -5.01. The number of imidazole rings is 1. The number of anilines is 2. The maximum absolute atomic E-state index is 13.7. The van der Waals surface area contributed by atoms with Gasteiger partial charge in [0, 0.05) is 61.7 Å². The van der Waals surface area contributed by atoms with E-state index in [0.717, 1.165) is 18.9 Å². The summed E-state index contributed by atoms with van der Waals surface area (Å²) in [5.74, 6) is 0.0251. The molecule has 3 aliphatic rings. The number of aromatic nitrogens is 3. The first kappa shape index (κ1) is 43.0. The number of H-pyrrole nitrogens is 1. The fraction of sp³-hybridized carbons (Fsp3) is 0.455. The third kappa shape index (κ3) is 9.60. The summed E-state index contributed by atoms with van der Waals surface area (Å²) in [4.78, 5) is 69.8. The first-order chi connectivity index (χ1) is 28.9. The van der Waals surface area contributed by atoms with Crippen molar-refractivity contribution in [2.75, 3.05) is 43.5 Å². The number of benzene rings is 2. The van der Waals surface area contributed by atoms with Gasteiger partial charge in [-0.2, -0.15) is 0 Å². The number of ether oxygens (including phenoxy) is 2. The van der Waals surface area contributed by atoms with Gasteiger partial charge in [0.15, 0.2) is 0 Å². The molecule has 2 aromatic carbocycles. The summed E-state index contributed by atoms with van der Waals surface area (Å²) in [6.45, 7) is 12.2. The smallest absolute Gasteiger partial charge is 0.453 e. The van der Waals surface area contributed by atoms with Crippen molar-refractivity contribution >= 4 is 35.3 Å². The van der Waals surface area contributed by atoms with E-state index in [-0.39, 0.29) is 58.0 Å². The number of alkyl halides is 3. The average molecular weight is 845 g/mol. The first-order valence-electron chi connectivity index (χ1n) is 20.5. The minimum Gasteiger partial charge on any atom is -0.453 e. The van der Waals surface area contributed by atoms with Crippen LogP contribution >= 0.6 is 0 Å². The van der Waals surface area contributed by atoms with Crippen LogP contribution in [0.2, 0.25) is 0 Å². The van der Waals surface area contributed by atoms with Gasteiger partial charge in [0.25, 0.3) is 5.91 Å². The second-order valence-electron chi connectivity index (χ2n) is 17.0. The average Bonchev–Trinajstić information content (AvgIpc) is 3.56. The maximum atomic E-state index is 13.7. The second kappa shape index (κ2) is 17.1. The standard InChI is InChI=1S/C44H51F3N8O6/c1-25(2)37(52-42(59)60-6)41(58)55-17-7-8-34(55)38-49-23-33(51-38)28-11-9-27(10-12-28)31-15-14-30(20-35(31)61-44(45,46)47)50-39(56)29-13-16-36(48-22-29)54-19-18-53(24-26(54)3)40(57)32-21-43(32,4)5/h9-16,20,22-23,25-26,32,34,37H,7-8,17-19,21,24H2,1-6H3,(H,49,51)(H,50,56)(H,52,59)/t26-,32?,34+,37+/m1/s1. The van der Waals surface area contributed by atoms with Crippen LogP contribution in [0.4, 0.5) is 29.5 Å². The molecule has 1 aliphatic carbocycles.